The topological polar surface area (TPSA) is 44.4 Å². The van der Waals surface area contributed by atoms with Crippen LogP contribution in [0.15, 0.2) is 36.4 Å². The molecule has 10 nitrogen and oxygen atoms in total. The molecule has 5 aliphatic rings. The molecule has 2 aromatic carbocycles. The predicted octanol–water partition coefficient (Wildman–Crippen LogP) is -0.186. The first-order valence-corrected chi connectivity index (χ1v) is 27.3. The minimum atomic E-state index is -2.83. The summed E-state index contributed by atoms with van der Waals surface area (Å²) >= 11 is -5.65. The molecule has 0 saturated carbocycles. The summed E-state index contributed by atoms with van der Waals surface area (Å²) in [6.07, 6.45) is 0. The van der Waals surface area contributed by atoms with Gasteiger partial charge in [-0.3, -0.25) is 0 Å². The Morgan fingerprint density at radius 2 is 0.625 bits per heavy atom. The van der Waals surface area contributed by atoms with Crippen LogP contribution in [0.1, 0.15) is 22.3 Å². The zero-order chi connectivity index (χ0) is 33.0. The maximum absolute atomic E-state index is 7.38. The maximum atomic E-state index is 7.38. The molecule has 0 radical (unpaired) electrons. The van der Waals surface area contributed by atoms with Gasteiger partial charge in [-0.05, 0) is 0 Å². The Balaban J connectivity index is 1.14. The summed E-state index contributed by atoms with van der Waals surface area (Å²) in [7, 11) is 8.99. The summed E-state index contributed by atoms with van der Waals surface area (Å²) in [5, 5.41) is 0. The van der Waals surface area contributed by atoms with Crippen molar-refractivity contribution in [1.82, 2.24) is 39.2 Å². The predicted molar refractivity (Wildman–Crippen MR) is 197 cm³/mol. The standard InChI is InChI=1S/2C18H29N4.2Bi.2O/c2*1-19-6-10-21(11-7-19)15-17-4-3-5-18(14-17)16-22-12-8-20(2)9-13-22;;;;/h2*3-5H,6-13,15-16H2,1-2H3;;;;. The molecular formula is C36H58Bi2N8O2. The van der Waals surface area contributed by atoms with Gasteiger partial charge in [0.15, 0.2) is 0 Å². The van der Waals surface area contributed by atoms with Crippen molar-refractivity contribution < 1.29 is 1.78 Å². The summed E-state index contributed by atoms with van der Waals surface area (Å²) in [5.41, 5.74) is 5.93. The van der Waals surface area contributed by atoms with E-state index in [0.717, 1.165) is 131 Å². The molecule has 264 valence electrons. The zero-order valence-corrected chi connectivity index (χ0v) is 36.8. The molecule has 0 spiro atoms. The molecule has 0 unspecified atom stereocenters. The van der Waals surface area contributed by atoms with Gasteiger partial charge in [0.1, 0.15) is 0 Å². The fraction of sp³-hybridized carbons (Fsp3) is 0.667. The summed E-state index contributed by atoms with van der Waals surface area (Å²) in [6.45, 7) is 22.3. The molecule has 0 atom stereocenters. The van der Waals surface area contributed by atoms with E-state index < -0.39 is 45.3 Å². The van der Waals surface area contributed by atoms with E-state index in [9.17, 15) is 0 Å². The van der Waals surface area contributed by atoms with Crippen molar-refractivity contribution in [1.29, 1.82) is 0 Å². The minimum absolute atomic E-state index is 1.02. The molecule has 5 fully saturated rings. The van der Waals surface area contributed by atoms with Crippen LogP contribution in [0, 0.1) is 0 Å². The van der Waals surface area contributed by atoms with Gasteiger partial charge in [-0.25, -0.2) is 0 Å². The first-order chi connectivity index (χ1) is 23.4. The van der Waals surface area contributed by atoms with Crippen LogP contribution in [0.25, 0.3) is 0 Å². The van der Waals surface area contributed by atoms with Gasteiger partial charge >= 0.3 is 311 Å². The van der Waals surface area contributed by atoms with Gasteiger partial charge in [0.2, 0.25) is 0 Å². The summed E-state index contributed by atoms with van der Waals surface area (Å²) < 4.78 is 17.8. The Bertz CT molecular complexity index is 1150. The number of hydrogen-bond acceptors (Lipinski definition) is 10. The molecule has 48 heavy (non-hydrogen) atoms. The van der Waals surface area contributed by atoms with Gasteiger partial charge in [0, 0.05) is 0 Å². The van der Waals surface area contributed by atoms with Crippen molar-refractivity contribution >= 4 is 51.8 Å². The van der Waals surface area contributed by atoms with E-state index in [1.165, 1.54) is 28.8 Å². The summed E-state index contributed by atoms with van der Waals surface area (Å²) in [5.74, 6) is 0. The summed E-state index contributed by atoms with van der Waals surface area (Å²) in [6, 6.07) is 14.2. The molecule has 0 aliphatic carbocycles. The second kappa shape index (κ2) is 17.1. The number of benzene rings is 2. The van der Waals surface area contributed by atoms with Crippen LogP contribution in [-0.2, 0) is 28.0 Å². The third-order valence-corrected chi connectivity index (χ3v) is 40.9. The van der Waals surface area contributed by atoms with Crippen LogP contribution in [0.3, 0.4) is 0 Å². The molecule has 0 aromatic heterocycles. The SMILES string of the molecule is CN1CCN(Cc2cccc(CN3CCN(C)CC3)[c]2[Bi]2[O][Bi]([c]3c(CN4CCN(C)CC4)cccc3CN3CCN(C)CC3)[O]2)CC1. The van der Waals surface area contributed by atoms with Crippen molar-refractivity contribution in [3.8, 4) is 0 Å². The Morgan fingerprint density at radius 1 is 0.396 bits per heavy atom. The van der Waals surface area contributed by atoms with E-state index in [4.69, 9.17) is 1.78 Å². The van der Waals surface area contributed by atoms with Crippen LogP contribution < -0.4 is 6.54 Å². The average molecular weight is 1050 g/mol. The third-order valence-electron chi connectivity index (χ3n) is 11.0. The number of hydrogen-bond donors (Lipinski definition) is 0. The Labute approximate surface area is 308 Å². The Kier molecular flexibility index (Phi) is 12.9. The fourth-order valence-electron chi connectivity index (χ4n) is 7.56. The molecule has 5 heterocycles. The van der Waals surface area contributed by atoms with Crippen LogP contribution >= 0.6 is 0 Å². The Hall–Kier alpha value is -0.194. The van der Waals surface area contributed by atoms with Gasteiger partial charge in [-0.1, -0.05) is 0 Å². The second-order valence-electron chi connectivity index (χ2n) is 14.8. The zero-order valence-electron chi connectivity index (χ0n) is 29.9. The molecule has 2 aromatic rings. The van der Waals surface area contributed by atoms with E-state index in [1.54, 1.807) is 0 Å². The van der Waals surface area contributed by atoms with E-state index in [2.05, 4.69) is 104 Å². The van der Waals surface area contributed by atoms with Gasteiger partial charge in [-0.15, -0.1) is 0 Å². The average Bonchev–Trinajstić information content (AvgIpc) is 3.07. The molecule has 7 rings (SSSR count). The van der Waals surface area contributed by atoms with Crippen molar-refractivity contribution in [3.63, 3.8) is 0 Å². The molecule has 5 aliphatic heterocycles. The molecule has 5 saturated heterocycles. The van der Waals surface area contributed by atoms with Crippen LogP contribution in [0.5, 0.6) is 0 Å². The van der Waals surface area contributed by atoms with Gasteiger partial charge in [0.05, 0.1) is 0 Å². The van der Waals surface area contributed by atoms with Crippen molar-refractivity contribution in [2.75, 3.05) is 133 Å². The first kappa shape index (κ1) is 36.2. The fourth-order valence-corrected chi connectivity index (χ4v) is 36.6. The Morgan fingerprint density at radius 3 is 0.854 bits per heavy atom. The third kappa shape index (κ3) is 9.23. The number of nitrogens with zero attached hydrogens (tertiary/aromatic N) is 8. The number of piperazine rings is 4. The molecule has 12 heteroatoms. The quantitative estimate of drug-likeness (QED) is 0.300. The number of rotatable bonds is 10. The van der Waals surface area contributed by atoms with Crippen molar-refractivity contribution in [2.24, 2.45) is 0 Å². The van der Waals surface area contributed by atoms with Gasteiger partial charge in [-0.2, -0.15) is 0 Å². The molecule has 0 bridgehead atoms. The van der Waals surface area contributed by atoms with Crippen LogP contribution in [-0.4, -0.2) is 217 Å². The second-order valence-corrected chi connectivity index (χ2v) is 34.7. The monoisotopic (exact) mass is 1050 g/mol. The first-order valence-electron chi connectivity index (χ1n) is 18.2. The van der Waals surface area contributed by atoms with E-state index in [-0.39, 0.29) is 0 Å². The van der Waals surface area contributed by atoms with Crippen molar-refractivity contribution in [2.45, 2.75) is 26.2 Å². The normalized spacial score (nSPS) is 24.8. The van der Waals surface area contributed by atoms with Gasteiger partial charge in [0.25, 0.3) is 0 Å². The van der Waals surface area contributed by atoms with Crippen LogP contribution in [0.4, 0.5) is 0 Å². The molecular weight excluding hydrogens is 994 g/mol. The molecule has 0 N–H and O–H groups in total. The number of likely N-dealkylation sites (N-methyl/N-ethyl adjacent to an activating group) is 4. The van der Waals surface area contributed by atoms with Crippen molar-refractivity contribution in [3.05, 3.63) is 58.7 Å². The van der Waals surface area contributed by atoms with E-state index >= 15 is 0 Å². The summed E-state index contributed by atoms with van der Waals surface area (Å²) in [4.78, 5) is 20.4. The molecule has 0 amide bonds. The van der Waals surface area contributed by atoms with Gasteiger partial charge < -0.3 is 0 Å². The van der Waals surface area contributed by atoms with E-state index in [1.807, 2.05) is 0 Å². The van der Waals surface area contributed by atoms with Crippen LogP contribution in [0.2, 0.25) is 0 Å². The van der Waals surface area contributed by atoms with E-state index in [0.29, 0.717) is 0 Å².